The number of aromatic nitrogens is 1. The number of fused-ring (bicyclic) bond motifs is 3. The van der Waals surface area contributed by atoms with Gasteiger partial charge in [0.2, 0.25) is 5.91 Å². The standard InChI is InChI=1S/C28H35N3O3/c1-19(21-11-7-6-8-12-21)17-31-26(32)24-16-25-23(15-20(2)34-25)30(24)18-28(31,3)27(33)29-22-13-9-4-5-10-14-22/h6-8,11-12,15-16,19,22H,4-5,9-10,13-14,17-18H2,1-3H3,(H,29,33)/t19-,28-/m1/s1. The highest BCUT2D eigenvalue weighted by atomic mass is 16.3. The number of amides is 2. The molecule has 0 bridgehead atoms. The molecule has 0 radical (unpaired) electrons. The molecule has 0 saturated heterocycles. The van der Waals surface area contributed by atoms with E-state index in [1.807, 2.05) is 48.7 Å². The first kappa shape index (κ1) is 22.8. The van der Waals surface area contributed by atoms with Crippen molar-refractivity contribution in [2.24, 2.45) is 0 Å². The Morgan fingerprint density at radius 1 is 1.15 bits per heavy atom. The Hall–Kier alpha value is -3.02. The van der Waals surface area contributed by atoms with Gasteiger partial charge in [-0.1, -0.05) is 62.9 Å². The Morgan fingerprint density at radius 3 is 2.56 bits per heavy atom. The second kappa shape index (κ2) is 8.97. The average Bonchev–Trinajstić information content (AvgIpc) is 3.22. The Kier molecular flexibility index (Phi) is 6.00. The fraction of sp³-hybridized carbons (Fsp3) is 0.500. The topological polar surface area (TPSA) is 67.5 Å². The number of hydrogen-bond acceptors (Lipinski definition) is 3. The third kappa shape index (κ3) is 4.04. The maximum atomic E-state index is 13.9. The van der Waals surface area contributed by atoms with Crippen LogP contribution in [0.25, 0.3) is 11.1 Å². The van der Waals surface area contributed by atoms with Crippen LogP contribution in [0.2, 0.25) is 0 Å². The van der Waals surface area contributed by atoms with Gasteiger partial charge in [0.05, 0.1) is 12.1 Å². The molecule has 2 aromatic heterocycles. The molecule has 180 valence electrons. The molecule has 1 aliphatic carbocycles. The van der Waals surface area contributed by atoms with E-state index in [2.05, 4.69) is 24.4 Å². The highest BCUT2D eigenvalue weighted by Gasteiger charge is 2.48. The molecule has 1 aromatic carbocycles. The van der Waals surface area contributed by atoms with Crippen LogP contribution < -0.4 is 5.32 Å². The fourth-order valence-corrected chi connectivity index (χ4v) is 5.67. The first-order chi connectivity index (χ1) is 16.4. The van der Waals surface area contributed by atoms with Gasteiger partial charge < -0.3 is 19.2 Å². The van der Waals surface area contributed by atoms with Crippen LogP contribution in [0.5, 0.6) is 0 Å². The predicted molar refractivity (Wildman–Crippen MR) is 133 cm³/mol. The van der Waals surface area contributed by atoms with Gasteiger partial charge >= 0.3 is 0 Å². The van der Waals surface area contributed by atoms with Crippen molar-refractivity contribution in [2.75, 3.05) is 6.54 Å². The summed E-state index contributed by atoms with van der Waals surface area (Å²) in [5.74, 6) is 0.733. The number of carbonyl (C=O) groups is 2. The van der Waals surface area contributed by atoms with Crippen molar-refractivity contribution in [3.05, 3.63) is 59.5 Å². The minimum absolute atomic E-state index is 0.0549. The Labute approximate surface area is 201 Å². The van der Waals surface area contributed by atoms with Crippen molar-refractivity contribution in [1.29, 1.82) is 0 Å². The molecule has 3 aromatic rings. The summed E-state index contributed by atoms with van der Waals surface area (Å²) in [6, 6.07) is 14.2. The van der Waals surface area contributed by atoms with E-state index in [9.17, 15) is 9.59 Å². The fourth-order valence-electron chi connectivity index (χ4n) is 5.67. The SMILES string of the molecule is Cc1cc2c(cc3n2C[C@](C)(C(=O)NC2CCCCCC2)N(C[C@@H](C)c2ccccc2)C3=O)o1. The number of nitrogens with one attached hydrogen (secondary N) is 1. The van der Waals surface area contributed by atoms with Gasteiger partial charge in [-0.2, -0.15) is 0 Å². The molecule has 0 unspecified atom stereocenters. The van der Waals surface area contributed by atoms with Gasteiger partial charge in [0.15, 0.2) is 5.58 Å². The monoisotopic (exact) mass is 461 g/mol. The largest absolute Gasteiger partial charge is 0.460 e. The van der Waals surface area contributed by atoms with Gasteiger partial charge in [-0.3, -0.25) is 9.59 Å². The van der Waals surface area contributed by atoms with E-state index in [1.54, 1.807) is 4.90 Å². The highest BCUT2D eigenvalue weighted by Crippen LogP contribution is 2.35. The van der Waals surface area contributed by atoms with Crippen molar-refractivity contribution in [2.45, 2.75) is 83.3 Å². The van der Waals surface area contributed by atoms with Gasteiger partial charge in [-0.05, 0) is 38.2 Å². The number of carbonyl (C=O) groups excluding carboxylic acids is 2. The molecule has 5 rings (SSSR count). The second-order valence-electron chi connectivity index (χ2n) is 10.4. The molecule has 6 nitrogen and oxygen atoms in total. The van der Waals surface area contributed by atoms with Gasteiger partial charge in [0.1, 0.15) is 17.0 Å². The summed E-state index contributed by atoms with van der Waals surface area (Å²) < 4.78 is 7.80. The maximum absolute atomic E-state index is 13.9. The van der Waals surface area contributed by atoms with E-state index in [4.69, 9.17) is 4.42 Å². The summed E-state index contributed by atoms with van der Waals surface area (Å²) in [6.45, 7) is 6.84. The lowest BCUT2D eigenvalue weighted by molar-refractivity contribution is -0.133. The summed E-state index contributed by atoms with van der Waals surface area (Å²) in [7, 11) is 0. The van der Waals surface area contributed by atoms with Crippen molar-refractivity contribution in [1.82, 2.24) is 14.8 Å². The van der Waals surface area contributed by atoms with Gasteiger partial charge in [-0.15, -0.1) is 0 Å². The minimum atomic E-state index is -0.990. The Bertz CT molecular complexity index is 1190. The van der Waals surface area contributed by atoms with Crippen molar-refractivity contribution in [3.63, 3.8) is 0 Å². The molecule has 3 heterocycles. The molecule has 2 aliphatic rings. The van der Waals surface area contributed by atoms with E-state index >= 15 is 0 Å². The highest BCUT2D eigenvalue weighted by molar-refractivity contribution is 6.03. The molecular formula is C28H35N3O3. The lowest BCUT2D eigenvalue weighted by Crippen LogP contribution is -2.65. The van der Waals surface area contributed by atoms with Gasteiger partial charge in [0.25, 0.3) is 5.91 Å². The minimum Gasteiger partial charge on any atom is -0.460 e. The quantitative estimate of drug-likeness (QED) is 0.517. The molecular weight excluding hydrogens is 426 g/mol. The molecule has 1 aliphatic heterocycles. The van der Waals surface area contributed by atoms with E-state index in [1.165, 1.54) is 12.8 Å². The summed E-state index contributed by atoms with van der Waals surface area (Å²) in [5.41, 5.74) is 2.34. The summed E-state index contributed by atoms with van der Waals surface area (Å²) >= 11 is 0. The normalized spacial score (nSPS) is 22.4. The summed E-state index contributed by atoms with van der Waals surface area (Å²) in [4.78, 5) is 29.6. The molecule has 34 heavy (non-hydrogen) atoms. The molecule has 0 spiro atoms. The maximum Gasteiger partial charge on any atom is 0.271 e. The van der Waals surface area contributed by atoms with Crippen LogP contribution in [0.1, 0.15) is 80.1 Å². The van der Waals surface area contributed by atoms with Gasteiger partial charge in [-0.25, -0.2) is 0 Å². The zero-order valence-corrected chi connectivity index (χ0v) is 20.5. The van der Waals surface area contributed by atoms with Crippen LogP contribution >= 0.6 is 0 Å². The van der Waals surface area contributed by atoms with Crippen LogP contribution in [-0.4, -0.2) is 39.4 Å². The number of hydrogen-bond donors (Lipinski definition) is 1. The molecule has 2 atom stereocenters. The lowest BCUT2D eigenvalue weighted by atomic mass is 9.91. The number of rotatable bonds is 5. The first-order valence-corrected chi connectivity index (χ1v) is 12.6. The average molecular weight is 462 g/mol. The van der Waals surface area contributed by atoms with Crippen molar-refractivity contribution in [3.8, 4) is 0 Å². The zero-order valence-electron chi connectivity index (χ0n) is 20.5. The summed E-state index contributed by atoms with van der Waals surface area (Å²) in [5, 5.41) is 3.34. The second-order valence-corrected chi connectivity index (χ2v) is 10.4. The van der Waals surface area contributed by atoms with Crippen molar-refractivity contribution >= 4 is 22.9 Å². The van der Waals surface area contributed by atoms with Crippen LogP contribution in [0.15, 0.2) is 46.9 Å². The van der Waals surface area contributed by atoms with E-state index in [0.29, 0.717) is 24.4 Å². The zero-order chi connectivity index (χ0) is 23.9. The number of benzene rings is 1. The first-order valence-electron chi connectivity index (χ1n) is 12.6. The van der Waals surface area contributed by atoms with E-state index in [-0.39, 0.29) is 23.8 Å². The lowest BCUT2D eigenvalue weighted by Gasteiger charge is -2.45. The predicted octanol–water partition coefficient (Wildman–Crippen LogP) is 5.40. The number of furan rings is 1. The van der Waals surface area contributed by atoms with Crippen LogP contribution in [0, 0.1) is 6.92 Å². The third-order valence-electron chi connectivity index (χ3n) is 7.74. The van der Waals surface area contributed by atoms with Gasteiger partial charge in [0, 0.05) is 24.7 Å². The smallest absolute Gasteiger partial charge is 0.271 e. The van der Waals surface area contributed by atoms with Crippen LogP contribution in [0.3, 0.4) is 0 Å². The number of nitrogens with zero attached hydrogens (tertiary/aromatic N) is 2. The molecule has 1 saturated carbocycles. The molecule has 1 N–H and O–H groups in total. The Morgan fingerprint density at radius 2 is 1.85 bits per heavy atom. The van der Waals surface area contributed by atoms with E-state index in [0.717, 1.165) is 42.5 Å². The van der Waals surface area contributed by atoms with Crippen molar-refractivity contribution < 1.29 is 14.0 Å². The van der Waals surface area contributed by atoms with Crippen LogP contribution in [-0.2, 0) is 11.3 Å². The molecule has 6 heteroatoms. The van der Waals surface area contributed by atoms with Crippen LogP contribution in [0.4, 0.5) is 0 Å². The molecule has 1 fully saturated rings. The summed E-state index contributed by atoms with van der Waals surface area (Å²) in [6.07, 6.45) is 6.77. The molecule has 2 amide bonds. The third-order valence-corrected chi connectivity index (χ3v) is 7.74. The van der Waals surface area contributed by atoms with E-state index < -0.39 is 5.54 Å². The number of aryl methyl sites for hydroxylation is 1. The Balaban J connectivity index is 1.50.